The highest BCUT2D eigenvalue weighted by Gasteiger charge is 2.40. The van der Waals surface area contributed by atoms with Gasteiger partial charge in [0.2, 0.25) is 0 Å². The highest BCUT2D eigenvalue weighted by molar-refractivity contribution is 5.77. The molecule has 2 rings (SSSR count). The molecule has 0 aromatic heterocycles. The third kappa shape index (κ3) is 3.11. The number of carboxylic acids is 1. The van der Waals surface area contributed by atoms with Gasteiger partial charge in [-0.2, -0.15) is 0 Å². The van der Waals surface area contributed by atoms with Gasteiger partial charge in [0.1, 0.15) is 0 Å². The van der Waals surface area contributed by atoms with Crippen LogP contribution in [0.15, 0.2) is 0 Å². The summed E-state index contributed by atoms with van der Waals surface area (Å²) in [6.07, 6.45) is 3.74. The second-order valence-corrected chi connectivity index (χ2v) is 5.51. The summed E-state index contributed by atoms with van der Waals surface area (Å²) in [5.41, 5.74) is -0.495. The highest BCUT2D eigenvalue weighted by atomic mass is 16.4. The first-order valence-electron chi connectivity index (χ1n) is 6.29. The Balaban J connectivity index is 1.73. The molecule has 5 nitrogen and oxygen atoms in total. The average Bonchev–Trinajstić information content (AvgIpc) is 2.87. The number of carbonyl (C=O) groups is 2. The fourth-order valence-electron chi connectivity index (χ4n) is 2.43. The zero-order chi connectivity index (χ0) is 12.5. The zero-order valence-electron chi connectivity index (χ0n) is 10.2. The summed E-state index contributed by atoms with van der Waals surface area (Å²) in [4.78, 5) is 22.4. The van der Waals surface area contributed by atoms with Crippen LogP contribution in [0, 0.1) is 11.8 Å². The number of aliphatic carboxylic acids is 1. The summed E-state index contributed by atoms with van der Waals surface area (Å²) < 4.78 is 0. The van der Waals surface area contributed by atoms with Gasteiger partial charge in [0.05, 0.1) is 12.0 Å². The quantitative estimate of drug-likeness (QED) is 0.678. The van der Waals surface area contributed by atoms with E-state index in [0.717, 1.165) is 19.3 Å². The van der Waals surface area contributed by atoms with Crippen molar-refractivity contribution < 1.29 is 14.7 Å². The number of amides is 2. The Labute approximate surface area is 101 Å². The molecular formula is C12H20N2O3. The first-order chi connectivity index (χ1) is 8.01. The minimum Gasteiger partial charge on any atom is -0.481 e. The lowest BCUT2D eigenvalue weighted by Crippen LogP contribution is -2.57. The van der Waals surface area contributed by atoms with E-state index in [4.69, 9.17) is 5.11 Å². The van der Waals surface area contributed by atoms with Gasteiger partial charge >= 0.3 is 12.0 Å². The molecule has 0 bridgehead atoms. The number of carboxylic acid groups (broad SMARTS) is 1. The van der Waals surface area contributed by atoms with E-state index in [2.05, 4.69) is 17.6 Å². The van der Waals surface area contributed by atoms with E-state index < -0.39 is 11.5 Å². The first kappa shape index (κ1) is 12.2. The largest absolute Gasteiger partial charge is 0.481 e. The number of hydrogen-bond donors (Lipinski definition) is 3. The van der Waals surface area contributed by atoms with Crippen LogP contribution in [0.3, 0.4) is 0 Å². The summed E-state index contributed by atoms with van der Waals surface area (Å²) in [6.45, 7) is 2.87. The van der Waals surface area contributed by atoms with Crippen LogP contribution in [0.1, 0.15) is 39.0 Å². The maximum absolute atomic E-state index is 11.7. The van der Waals surface area contributed by atoms with Crippen molar-refractivity contribution >= 4 is 12.0 Å². The van der Waals surface area contributed by atoms with Crippen LogP contribution in [-0.2, 0) is 4.79 Å². The van der Waals surface area contributed by atoms with Crippen LogP contribution in [0.5, 0.6) is 0 Å². The van der Waals surface area contributed by atoms with Crippen LogP contribution in [0.25, 0.3) is 0 Å². The van der Waals surface area contributed by atoms with Crippen LogP contribution >= 0.6 is 0 Å². The Morgan fingerprint density at radius 3 is 2.47 bits per heavy atom. The van der Waals surface area contributed by atoms with Crippen LogP contribution in [0.2, 0.25) is 0 Å². The summed E-state index contributed by atoms with van der Waals surface area (Å²) >= 11 is 0. The minimum atomic E-state index is -0.846. The van der Waals surface area contributed by atoms with E-state index in [9.17, 15) is 9.59 Å². The molecule has 2 fully saturated rings. The van der Waals surface area contributed by atoms with E-state index in [1.807, 2.05) is 0 Å². The van der Waals surface area contributed by atoms with Gasteiger partial charge in [-0.15, -0.1) is 0 Å². The Kier molecular flexibility index (Phi) is 3.26. The van der Waals surface area contributed by atoms with Crippen molar-refractivity contribution in [1.29, 1.82) is 0 Å². The predicted molar refractivity (Wildman–Crippen MR) is 62.6 cm³/mol. The molecule has 0 saturated heterocycles. The normalized spacial score (nSPS) is 29.0. The van der Waals surface area contributed by atoms with Crippen LogP contribution in [0.4, 0.5) is 4.79 Å². The molecule has 0 aliphatic heterocycles. The smallest absolute Gasteiger partial charge is 0.315 e. The first-order valence-corrected chi connectivity index (χ1v) is 6.29. The van der Waals surface area contributed by atoms with E-state index >= 15 is 0 Å². The van der Waals surface area contributed by atoms with Gasteiger partial charge in [0.15, 0.2) is 0 Å². The number of urea groups is 1. The van der Waals surface area contributed by atoms with E-state index in [1.165, 1.54) is 6.42 Å². The van der Waals surface area contributed by atoms with Crippen molar-refractivity contribution in [1.82, 2.24) is 10.6 Å². The molecule has 0 radical (unpaired) electrons. The highest BCUT2D eigenvalue weighted by Crippen LogP contribution is 2.37. The van der Waals surface area contributed by atoms with Gasteiger partial charge in [-0.25, -0.2) is 4.79 Å². The molecule has 3 N–H and O–H groups in total. The lowest BCUT2D eigenvalue weighted by Gasteiger charge is -2.41. The number of rotatable bonds is 5. The molecule has 2 aliphatic carbocycles. The van der Waals surface area contributed by atoms with Gasteiger partial charge in [-0.05, 0) is 37.5 Å². The van der Waals surface area contributed by atoms with Crippen LogP contribution < -0.4 is 10.6 Å². The molecule has 0 aromatic carbocycles. The van der Waals surface area contributed by atoms with Gasteiger partial charge in [-0.1, -0.05) is 6.92 Å². The molecule has 2 aliphatic rings. The Morgan fingerprint density at radius 1 is 1.41 bits per heavy atom. The third-order valence-corrected chi connectivity index (χ3v) is 3.98. The lowest BCUT2D eigenvalue weighted by molar-refractivity contribution is -0.139. The van der Waals surface area contributed by atoms with Gasteiger partial charge in [-0.3, -0.25) is 4.79 Å². The zero-order valence-corrected chi connectivity index (χ0v) is 10.2. The monoisotopic (exact) mass is 240 g/mol. The topological polar surface area (TPSA) is 78.4 Å². The molecular weight excluding hydrogens is 220 g/mol. The Bertz CT molecular complexity index is 326. The van der Waals surface area contributed by atoms with E-state index in [1.54, 1.807) is 0 Å². The van der Waals surface area contributed by atoms with Crippen molar-refractivity contribution in [2.24, 2.45) is 11.8 Å². The van der Waals surface area contributed by atoms with Crippen molar-refractivity contribution in [3.63, 3.8) is 0 Å². The van der Waals surface area contributed by atoms with Crippen molar-refractivity contribution in [3.05, 3.63) is 0 Å². The molecule has 5 heteroatoms. The summed E-state index contributed by atoms with van der Waals surface area (Å²) in [6, 6.07) is -0.218. The number of carbonyl (C=O) groups excluding carboxylic acids is 1. The summed E-state index contributed by atoms with van der Waals surface area (Å²) in [7, 11) is 0. The molecule has 2 atom stereocenters. The second kappa shape index (κ2) is 4.55. The Hall–Kier alpha value is -1.26. The number of hydrogen-bond acceptors (Lipinski definition) is 2. The Morgan fingerprint density at radius 2 is 2.06 bits per heavy atom. The average molecular weight is 240 g/mol. The van der Waals surface area contributed by atoms with Crippen molar-refractivity contribution in [2.45, 2.75) is 44.6 Å². The standard InChI is InChI=1S/C12H20N2O3/c1-8-5-9(8)7-13-11(17)14-12(3-2-4-12)6-10(15)16/h8-9H,2-7H2,1H3,(H,15,16)(H2,13,14,17). The second-order valence-electron chi connectivity index (χ2n) is 5.51. The molecule has 17 heavy (non-hydrogen) atoms. The van der Waals surface area contributed by atoms with Crippen molar-refractivity contribution in [3.8, 4) is 0 Å². The molecule has 0 aromatic rings. The molecule has 2 unspecified atom stereocenters. The van der Waals surface area contributed by atoms with E-state index in [0.29, 0.717) is 18.4 Å². The molecule has 2 saturated carbocycles. The SMILES string of the molecule is CC1CC1CNC(=O)NC1(CC(=O)O)CCC1. The molecule has 0 spiro atoms. The van der Waals surface area contributed by atoms with E-state index in [-0.39, 0.29) is 12.5 Å². The minimum absolute atomic E-state index is 0.0280. The molecule has 2 amide bonds. The summed E-state index contributed by atoms with van der Waals surface area (Å²) in [5.74, 6) is 0.477. The third-order valence-electron chi connectivity index (χ3n) is 3.98. The van der Waals surface area contributed by atoms with Gasteiger partial charge < -0.3 is 15.7 Å². The maximum Gasteiger partial charge on any atom is 0.315 e. The fourth-order valence-corrected chi connectivity index (χ4v) is 2.43. The fraction of sp³-hybridized carbons (Fsp3) is 0.833. The number of nitrogens with one attached hydrogen (secondary N) is 2. The predicted octanol–water partition coefficient (Wildman–Crippen LogP) is 1.34. The maximum atomic E-state index is 11.7. The van der Waals surface area contributed by atoms with Gasteiger partial charge in [0, 0.05) is 6.54 Å². The lowest BCUT2D eigenvalue weighted by atomic mass is 9.74. The summed E-state index contributed by atoms with van der Waals surface area (Å²) in [5, 5.41) is 14.5. The van der Waals surface area contributed by atoms with Crippen LogP contribution in [-0.4, -0.2) is 29.2 Å². The molecule has 0 heterocycles. The molecule has 96 valence electrons. The van der Waals surface area contributed by atoms with Crippen molar-refractivity contribution in [2.75, 3.05) is 6.54 Å². The van der Waals surface area contributed by atoms with Gasteiger partial charge in [0.25, 0.3) is 0 Å².